The Labute approximate surface area is 194 Å². The van der Waals surface area contributed by atoms with Gasteiger partial charge in [0.15, 0.2) is 23.3 Å². The number of aromatic nitrogens is 3. The molecule has 30 heavy (non-hydrogen) atoms. The number of aryl methyl sites for hydroxylation is 1. The van der Waals surface area contributed by atoms with Gasteiger partial charge < -0.3 is 24.8 Å². The van der Waals surface area contributed by atoms with Crippen molar-refractivity contribution < 1.29 is 14.2 Å². The molecule has 2 N–H and O–H groups in total. The SMILES string of the molecule is CCNC(=NCc1ccc(OC)c(OC)c1)NC1CCc2nc(COC)nn2C1.I. The standard InChI is InChI=1S/C20H30N6O3.HI/c1-5-21-20(22-11-14-6-8-16(28-3)17(10-14)29-4)23-15-7-9-19-24-18(13-27-2)25-26(19)12-15;/h6,8,10,15H,5,7,9,11-13H2,1-4H3,(H2,21,22,23);1H. The summed E-state index contributed by atoms with van der Waals surface area (Å²) in [5.74, 6) is 3.95. The number of guanidine groups is 1. The Morgan fingerprint density at radius 2 is 2.03 bits per heavy atom. The van der Waals surface area contributed by atoms with Gasteiger partial charge in [0.05, 0.1) is 27.3 Å². The summed E-state index contributed by atoms with van der Waals surface area (Å²) in [6, 6.07) is 6.08. The van der Waals surface area contributed by atoms with Crippen molar-refractivity contribution in [3.63, 3.8) is 0 Å². The molecule has 0 radical (unpaired) electrons. The third kappa shape index (κ3) is 6.21. The number of hydrogen-bond donors (Lipinski definition) is 2. The predicted octanol–water partition coefficient (Wildman–Crippen LogP) is 2.13. The van der Waals surface area contributed by atoms with Crippen LogP contribution in [-0.2, 0) is 30.9 Å². The molecule has 1 unspecified atom stereocenters. The van der Waals surface area contributed by atoms with Crippen LogP contribution in [0.3, 0.4) is 0 Å². The maximum Gasteiger partial charge on any atom is 0.191 e. The Bertz CT molecular complexity index is 842. The van der Waals surface area contributed by atoms with Crippen molar-refractivity contribution in [2.24, 2.45) is 4.99 Å². The van der Waals surface area contributed by atoms with E-state index < -0.39 is 0 Å². The highest BCUT2D eigenvalue weighted by Crippen LogP contribution is 2.27. The van der Waals surface area contributed by atoms with Gasteiger partial charge in [-0.3, -0.25) is 0 Å². The smallest absolute Gasteiger partial charge is 0.191 e. The van der Waals surface area contributed by atoms with E-state index in [1.165, 1.54) is 0 Å². The average molecular weight is 530 g/mol. The molecule has 1 aliphatic heterocycles. The Balaban J connectivity index is 0.00000320. The normalized spacial score (nSPS) is 15.7. The first-order chi connectivity index (χ1) is 14.2. The molecule has 1 atom stereocenters. The third-order valence-electron chi connectivity index (χ3n) is 4.73. The van der Waals surface area contributed by atoms with Crippen molar-refractivity contribution in [1.82, 2.24) is 25.4 Å². The number of aliphatic imine (C=N–C) groups is 1. The maximum absolute atomic E-state index is 5.38. The van der Waals surface area contributed by atoms with Gasteiger partial charge in [0.25, 0.3) is 0 Å². The number of fused-ring (bicyclic) bond motifs is 1. The van der Waals surface area contributed by atoms with Crippen LogP contribution in [0.2, 0.25) is 0 Å². The highest BCUT2D eigenvalue weighted by atomic mass is 127. The lowest BCUT2D eigenvalue weighted by Crippen LogP contribution is -2.47. The van der Waals surface area contributed by atoms with Gasteiger partial charge >= 0.3 is 0 Å². The zero-order valence-corrected chi connectivity index (χ0v) is 20.3. The molecule has 0 fully saturated rings. The van der Waals surface area contributed by atoms with E-state index in [2.05, 4.69) is 27.6 Å². The molecule has 1 aliphatic rings. The summed E-state index contributed by atoms with van der Waals surface area (Å²) in [5.41, 5.74) is 1.05. The van der Waals surface area contributed by atoms with Crippen molar-refractivity contribution in [1.29, 1.82) is 0 Å². The van der Waals surface area contributed by atoms with Crippen LogP contribution < -0.4 is 20.1 Å². The van der Waals surface area contributed by atoms with Crippen molar-refractivity contribution in [3.8, 4) is 11.5 Å². The third-order valence-corrected chi connectivity index (χ3v) is 4.73. The van der Waals surface area contributed by atoms with Gasteiger partial charge in [0, 0.05) is 26.1 Å². The van der Waals surface area contributed by atoms with E-state index in [4.69, 9.17) is 19.2 Å². The minimum Gasteiger partial charge on any atom is -0.493 e. The highest BCUT2D eigenvalue weighted by molar-refractivity contribution is 14.0. The van der Waals surface area contributed by atoms with Crippen LogP contribution in [0.4, 0.5) is 0 Å². The monoisotopic (exact) mass is 530 g/mol. The first-order valence-electron chi connectivity index (χ1n) is 9.84. The van der Waals surface area contributed by atoms with Gasteiger partial charge in [0.2, 0.25) is 0 Å². The van der Waals surface area contributed by atoms with Crippen molar-refractivity contribution in [3.05, 3.63) is 35.4 Å². The largest absolute Gasteiger partial charge is 0.493 e. The first-order valence-corrected chi connectivity index (χ1v) is 9.84. The summed E-state index contributed by atoms with van der Waals surface area (Å²) < 4.78 is 17.8. The molecular weight excluding hydrogens is 499 g/mol. The Morgan fingerprint density at radius 3 is 2.73 bits per heavy atom. The molecule has 2 aromatic rings. The van der Waals surface area contributed by atoms with Crippen LogP contribution in [0.5, 0.6) is 11.5 Å². The average Bonchev–Trinajstić information content (AvgIpc) is 3.14. The highest BCUT2D eigenvalue weighted by Gasteiger charge is 2.22. The van der Waals surface area contributed by atoms with E-state index in [0.29, 0.717) is 24.7 Å². The molecule has 10 heteroatoms. The van der Waals surface area contributed by atoms with Gasteiger partial charge in [0.1, 0.15) is 12.4 Å². The molecule has 0 saturated carbocycles. The number of methoxy groups -OCH3 is 3. The van der Waals surface area contributed by atoms with Crippen molar-refractivity contribution in [2.75, 3.05) is 27.9 Å². The van der Waals surface area contributed by atoms with E-state index >= 15 is 0 Å². The second-order valence-corrected chi connectivity index (χ2v) is 6.82. The summed E-state index contributed by atoms with van der Waals surface area (Å²) >= 11 is 0. The van der Waals surface area contributed by atoms with Crippen LogP contribution in [0.25, 0.3) is 0 Å². The lowest BCUT2D eigenvalue weighted by atomic mass is 10.1. The van der Waals surface area contributed by atoms with E-state index in [-0.39, 0.29) is 30.0 Å². The Kier molecular flexibility index (Phi) is 9.63. The van der Waals surface area contributed by atoms with E-state index in [0.717, 1.165) is 49.1 Å². The predicted molar refractivity (Wildman–Crippen MR) is 126 cm³/mol. The fourth-order valence-electron chi connectivity index (χ4n) is 3.33. The molecule has 0 amide bonds. The molecule has 9 nitrogen and oxygen atoms in total. The Hall–Kier alpha value is -2.08. The number of ether oxygens (including phenoxy) is 3. The lowest BCUT2D eigenvalue weighted by Gasteiger charge is -2.25. The quantitative estimate of drug-likeness (QED) is 0.307. The first kappa shape index (κ1) is 24.2. The second kappa shape index (κ2) is 11.9. The van der Waals surface area contributed by atoms with E-state index in [1.54, 1.807) is 21.3 Å². The van der Waals surface area contributed by atoms with Crippen LogP contribution >= 0.6 is 24.0 Å². The zero-order valence-electron chi connectivity index (χ0n) is 18.0. The fourth-order valence-corrected chi connectivity index (χ4v) is 3.33. The van der Waals surface area contributed by atoms with E-state index in [9.17, 15) is 0 Å². The van der Waals surface area contributed by atoms with Crippen LogP contribution in [0.1, 0.15) is 30.6 Å². The van der Waals surface area contributed by atoms with Gasteiger partial charge in [-0.05, 0) is 31.0 Å². The molecule has 0 spiro atoms. The number of nitrogens with zero attached hydrogens (tertiary/aromatic N) is 4. The number of benzene rings is 1. The van der Waals surface area contributed by atoms with E-state index in [1.807, 2.05) is 22.9 Å². The minimum absolute atomic E-state index is 0. The minimum atomic E-state index is 0. The van der Waals surface area contributed by atoms with Gasteiger partial charge in [-0.2, -0.15) is 5.10 Å². The molecule has 3 rings (SSSR count). The van der Waals surface area contributed by atoms with Crippen LogP contribution in [-0.4, -0.2) is 54.6 Å². The van der Waals surface area contributed by atoms with Gasteiger partial charge in [-0.1, -0.05) is 6.07 Å². The number of nitrogens with one attached hydrogen (secondary N) is 2. The molecule has 166 valence electrons. The topological polar surface area (TPSA) is 94.8 Å². The summed E-state index contributed by atoms with van der Waals surface area (Å²) in [5, 5.41) is 11.4. The number of hydrogen-bond acceptors (Lipinski definition) is 6. The molecule has 2 heterocycles. The van der Waals surface area contributed by atoms with Crippen LogP contribution in [0.15, 0.2) is 23.2 Å². The summed E-state index contributed by atoms with van der Waals surface area (Å²) in [6.07, 6.45) is 1.86. The molecule has 0 saturated heterocycles. The summed E-state index contributed by atoms with van der Waals surface area (Å²) in [7, 11) is 4.92. The summed E-state index contributed by atoms with van der Waals surface area (Å²) in [6.45, 7) is 4.58. The summed E-state index contributed by atoms with van der Waals surface area (Å²) in [4.78, 5) is 9.26. The maximum atomic E-state index is 5.38. The fraction of sp³-hybridized carbons (Fsp3) is 0.550. The van der Waals surface area contributed by atoms with Gasteiger partial charge in [-0.15, -0.1) is 24.0 Å². The van der Waals surface area contributed by atoms with Crippen molar-refractivity contribution >= 4 is 29.9 Å². The van der Waals surface area contributed by atoms with Crippen LogP contribution in [0, 0.1) is 0 Å². The van der Waals surface area contributed by atoms with Crippen molar-refractivity contribution in [2.45, 2.75) is 45.5 Å². The number of rotatable bonds is 8. The number of halogens is 1. The molecule has 0 bridgehead atoms. The molecule has 1 aromatic heterocycles. The lowest BCUT2D eigenvalue weighted by molar-refractivity contribution is 0.177. The molecule has 0 aliphatic carbocycles. The molecule has 1 aromatic carbocycles. The molecular formula is C20H31IN6O3. The zero-order chi connectivity index (χ0) is 20.6. The second-order valence-electron chi connectivity index (χ2n) is 6.82. The Morgan fingerprint density at radius 1 is 1.23 bits per heavy atom. The van der Waals surface area contributed by atoms with Gasteiger partial charge in [-0.25, -0.2) is 14.7 Å².